The number of aldehydes is 1. The van der Waals surface area contributed by atoms with E-state index < -0.39 is 0 Å². The van der Waals surface area contributed by atoms with Gasteiger partial charge in [-0.1, -0.05) is 6.92 Å². The first kappa shape index (κ1) is 8.92. The van der Waals surface area contributed by atoms with Gasteiger partial charge in [-0.2, -0.15) is 0 Å². The molecule has 72 valence electrons. The molecular weight excluding hydrogens is 164 g/mol. The van der Waals surface area contributed by atoms with Crippen molar-refractivity contribution in [2.24, 2.45) is 17.3 Å². The van der Waals surface area contributed by atoms with Crippen LogP contribution in [0.1, 0.15) is 39.0 Å². The second-order valence-corrected chi connectivity index (χ2v) is 4.60. The summed E-state index contributed by atoms with van der Waals surface area (Å²) in [6.07, 6.45) is 5.58. The van der Waals surface area contributed by atoms with Crippen molar-refractivity contribution < 1.29 is 9.59 Å². The number of hydrogen-bond donors (Lipinski definition) is 0. The normalized spacial score (nSPS) is 38.5. The third-order valence-corrected chi connectivity index (χ3v) is 4.04. The Hall–Kier alpha value is -0.660. The number of carbonyl (C=O) groups excluding carboxylic acids is 2. The minimum absolute atomic E-state index is 0.333. The molecule has 2 aliphatic rings. The lowest BCUT2D eigenvalue weighted by molar-refractivity contribution is -0.119. The molecule has 2 rings (SSSR count). The Morgan fingerprint density at radius 1 is 1.69 bits per heavy atom. The Bertz CT molecular complexity index is 246. The van der Waals surface area contributed by atoms with Crippen LogP contribution in [-0.4, -0.2) is 12.1 Å². The van der Waals surface area contributed by atoms with Crippen molar-refractivity contribution in [3.05, 3.63) is 0 Å². The third kappa shape index (κ3) is 1.23. The molecule has 13 heavy (non-hydrogen) atoms. The average Bonchev–Trinajstić information content (AvgIpc) is 2.80. The number of Topliss-reactive ketones (excluding diaryl/α,β-unsaturated/α-hetero) is 1. The van der Waals surface area contributed by atoms with Gasteiger partial charge in [0.1, 0.15) is 12.1 Å². The number of carbonyl (C=O) groups is 2. The lowest BCUT2D eigenvalue weighted by atomic mass is 9.85. The zero-order chi connectivity index (χ0) is 9.47. The van der Waals surface area contributed by atoms with Gasteiger partial charge in [0.15, 0.2) is 0 Å². The highest BCUT2D eigenvalue weighted by Crippen LogP contribution is 2.66. The van der Waals surface area contributed by atoms with Crippen LogP contribution in [0.15, 0.2) is 0 Å². The van der Waals surface area contributed by atoms with Gasteiger partial charge in [-0.15, -0.1) is 0 Å². The van der Waals surface area contributed by atoms with Crippen molar-refractivity contribution in [2.75, 3.05) is 0 Å². The maximum absolute atomic E-state index is 11.3. The van der Waals surface area contributed by atoms with E-state index in [1.165, 1.54) is 0 Å². The highest BCUT2D eigenvalue weighted by molar-refractivity contribution is 5.87. The van der Waals surface area contributed by atoms with Gasteiger partial charge in [0.05, 0.1) is 0 Å². The smallest absolute Gasteiger partial charge is 0.136 e. The van der Waals surface area contributed by atoms with E-state index in [1.807, 2.05) is 0 Å². The molecule has 2 unspecified atom stereocenters. The molecule has 0 radical (unpaired) electrons. The fraction of sp³-hybridized carbons (Fsp3) is 0.818. The summed E-state index contributed by atoms with van der Waals surface area (Å²) >= 11 is 0. The Morgan fingerprint density at radius 3 is 2.92 bits per heavy atom. The van der Waals surface area contributed by atoms with Gasteiger partial charge in [-0.05, 0) is 30.6 Å². The van der Waals surface area contributed by atoms with Crippen LogP contribution in [0, 0.1) is 17.3 Å². The van der Waals surface area contributed by atoms with Gasteiger partial charge < -0.3 is 4.79 Å². The van der Waals surface area contributed by atoms with Crippen LogP contribution in [0.4, 0.5) is 0 Å². The first-order chi connectivity index (χ1) is 6.20. The van der Waals surface area contributed by atoms with E-state index in [4.69, 9.17) is 0 Å². The maximum atomic E-state index is 11.3. The van der Waals surface area contributed by atoms with Crippen molar-refractivity contribution in [3.63, 3.8) is 0 Å². The van der Waals surface area contributed by atoms with E-state index in [0.29, 0.717) is 29.5 Å². The molecule has 0 aromatic heterocycles. The van der Waals surface area contributed by atoms with Gasteiger partial charge in [-0.3, -0.25) is 4.79 Å². The summed E-state index contributed by atoms with van der Waals surface area (Å²) in [5.74, 6) is 1.40. The molecule has 2 heteroatoms. The lowest BCUT2D eigenvalue weighted by Gasteiger charge is -2.19. The largest absolute Gasteiger partial charge is 0.303 e. The van der Waals surface area contributed by atoms with Crippen LogP contribution in [-0.2, 0) is 9.59 Å². The Labute approximate surface area is 78.7 Å². The SMILES string of the molecule is C[C@@H](CCC=O)C12CCC(=O)C1C2. The standard InChI is InChI=1S/C11H16O2/c1-8(3-2-6-12)11-5-4-10(13)9(11)7-11/h6,8-9H,2-5,7H2,1H3/t8-,9?,11?/m0/s1. The van der Waals surface area contributed by atoms with Crippen molar-refractivity contribution >= 4 is 12.1 Å². The van der Waals surface area contributed by atoms with Crippen LogP contribution in [0.3, 0.4) is 0 Å². The van der Waals surface area contributed by atoms with E-state index in [0.717, 1.165) is 32.0 Å². The zero-order valence-electron chi connectivity index (χ0n) is 8.08. The minimum Gasteiger partial charge on any atom is -0.303 e. The van der Waals surface area contributed by atoms with Crippen LogP contribution in [0.25, 0.3) is 0 Å². The van der Waals surface area contributed by atoms with Gasteiger partial charge in [0.25, 0.3) is 0 Å². The number of ketones is 1. The van der Waals surface area contributed by atoms with Crippen LogP contribution < -0.4 is 0 Å². The van der Waals surface area contributed by atoms with Gasteiger partial charge >= 0.3 is 0 Å². The summed E-state index contributed by atoms with van der Waals surface area (Å²) < 4.78 is 0. The van der Waals surface area contributed by atoms with E-state index in [2.05, 4.69) is 6.92 Å². The molecule has 0 amide bonds. The van der Waals surface area contributed by atoms with Gasteiger partial charge in [0.2, 0.25) is 0 Å². The first-order valence-corrected chi connectivity index (χ1v) is 5.17. The second kappa shape index (κ2) is 2.93. The number of rotatable bonds is 4. The summed E-state index contributed by atoms with van der Waals surface area (Å²) in [7, 11) is 0. The molecule has 2 aliphatic carbocycles. The molecule has 0 aliphatic heterocycles. The second-order valence-electron chi connectivity index (χ2n) is 4.60. The molecule has 0 heterocycles. The Morgan fingerprint density at radius 2 is 2.46 bits per heavy atom. The third-order valence-electron chi connectivity index (χ3n) is 4.04. The van der Waals surface area contributed by atoms with Crippen molar-refractivity contribution in [2.45, 2.75) is 39.0 Å². The van der Waals surface area contributed by atoms with E-state index >= 15 is 0 Å². The fourth-order valence-electron chi connectivity index (χ4n) is 2.96. The molecule has 3 atom stereocenters. The summed E-state index contributed by atoms with van der Waals surface area (Å²) in [5.41, 5.74) is 0.333. The molecule has 0 spiro atoms. The summed E-state index contributed by atoms with van der Waals surface area (Å²) in [5, 5.41) is 0. The Balaban J connectivity index is 1.95. The highest BCUT2D eigenvalue weighted by atomic mass is 16.1. The predicted octanol–water partition coefficient (Wildman–Crippen LogP) is 1.97. The number of hydrogen-bond acceptors (Lipinski definition) is 2. The summed E-state index contributed by atoms with van der Waals surface area (Å²) in [4.78, 5) is 21.6. The number of fused-ring (bicyclic) bond motifs is 1. The summed E-state index contributed by atoms with van der Waals surface area (Å²) in [6, 6.07) is 0. The molecule has 0 bridgehead atoms. The van der Waals surface area contributed by atoms with E-state index in [1.54, 1.807) is 0 Å². The molecule has 0 aromatic rings. The van der Waals surface area contributed by atoms with Crippen LogP contribution in [0.2, 0.25) is 0 Å². The quantitative estimate of drug-likeness (QED) is 0.620. The molecule has 2 fully saturated rings. The molecule has 0 aromatic carbocycles. The van der Waals surface area contributed by atoms with Crippen molar-refractivity contribution in [3.8, 4) is 0 Å². The summed E-state index contributed by atoms with van der Waals surface area (Å²) in [6.45, 7) is 2.20. The van der Waals surface area contributed by atoms with Crippen molar-refractivity contribution in [1.82, 2.24) is 0 Å². The van der Waals surface area contributed by atoms with Crippen molar-refractivity contribution in [1.29, 1.82) is 0 Å². The molecule has 0 saturated heterocycles. The molecule has 2 saturated carbocycles. The minimum atomic E-state index is 0.333. The molecular formula is C11H16O2. The fourth-order valence-corrected chi connectivity index (χ4v) is 2.96. The lowest BCUT2D eigenvalue weighted by Crippen LogP contribution is -2.12. The van der Waals surface area contributed by atoms with Gasteiger partial charge in [0, 0.05) is 18.8 Å². The van der Waals surface area contributed by atoms with Crippen LogP contribution in [0.5, 0.6) is 0 Å². The first-order valence-electron chi connectivity index (χ1n) is 5.17. The Kier molecular flexibility index (Phi) is 2.01. The molecule has 0 N–H and O–H groups in total. The van der Waals surface area contributed by atoms with E-state index in [-0.39, 0.29) is 0 Å². The zero-order valence-corrected chi connectivity index (χ0v) is 8.08. The average molecular weight is 180 g/mol. The topological polar surface area (TPSA) is 34.1 Å². The van der Waals surface area contributed by atoms with Crippen LogP contribution >= 0.6 is 0 Å². The van der Waals surface area contributed by atoms with E-state index in [9.17, 15) is 9.59 Å². The van der Waals surface area contributed by atoms with Gasteiger partial charge in [-0.25, -0.2) is 0 Å². The highest BCUT2D eigenvalue weighted by Gasteiger charge is 2.63. The predicted molar refractivity (Wildman–Crippen MR) is 49.2 cm³/mol. The monoisotopic (exact) mass is 180 g/mol. The maximum Gasteiger partial charge on any atom is 0.136 e. The molecule has 2 nitrogen and oxygen atoms in total.